The van der Waals surface area contributed by atoms with Crippen molar-refractivity contribution in [2.75, 3.05) is 0 Å². The maximum Gasteiger partial charge on any atom is 0.235 e. The second kappa shape index (κ2) is 12.4. The van der Waals surface area contributed by atoms with E-state index in [0.29, 0.717) is 5.95 Å². The number of hydrogen-bond donors (Lipinski definition) is 0. The summed E-state index contributed by atoms with van der Waals surface area (Å²) in [5.74, 6) is 0.620. The van der Waals surface area contributed by atoms with Crippen molar-refractivity contribution in [2.45, 2.75) is 0 Å². The van der Waals surface area contributed by atoms with Gasteiger partial charge in [-0.15, -0.1) is 11.3 Å². The molecule has 0 aliphatic rings. The van der Waals surface area contributed by atoms with Gasteiger partial charge in [0.1, 0.15) is 11.2 Å². The standard InChI is InChI=1S/C54H31N3OS/c1-2-13-32(14-3-1)33-15-12-16-35(29-33)52-39-20-6-9-22-44(39)55-54(56-52)57-45-23-10-7-21-40(45)51-46(57)27-26-41-50-38-19-5-4-17-36(38)42(31-47(50)58-53(41)51)34-25-28-49-43(30-34)37-18-8-11-24-48(37)59-49/h1-31H. The van der Waals surface area contributed by atoms with Crippen LogP contribution in [0.2, 0.25) is 0 Å². The molecule has 59 heavy (non-hydrogen) atoms. The Bertz CT molecular complexity index is 3860. The summed E-state index contributed by atoms with van der Waals surface area (Å²) in [6, 6.07) is 67.0. The summed E-state index contributed by atoms with van der Waals surface area (Å²) in [4.78, 5) is 10.7. The van der Waals surface area contributed by atoms with Gasteiger partial charge in [-0.25, -0.2) is 9.97 Å². The molecule has 0 spiro atoms. The zero-order valence-corrected chi connectivity index (χ0v) is 32.4. The minimum atomic E-state index is 0.620. The number of fused-ring (bicyclic) bond motifs is 13. The third-order valence-corrected chi connectivity index (χ3v) is 13.2. The monoisotopic (exact) mass is 769 g/mol. The fraction of sp³-hybridized carbons (Fsp3) is 0. The van der Waals surface area contributed by atoms with Crippen LogP contribution in [-0.2, 0) is 0 Å². The van der Waals surface area contributed by atoms with E-state index in [1.165, 1.54) is 42.1 Å². The summed E-state index contributed by atoms with van der Waals surface area (Å²) < 4.78 is 11.9. The van der Waals surface area contributed by atoms with Gasteiger partial charge in [-0.1, -0.05) is 133 Å². The van der Waals surface area contributed by atoms with E-state index >= 15 is 0 Å². The smallest absolute Gasteiger partial charge is 0.235 e. The highest BCUT2D eigenvalue weighted by molar-refractivity contribution is 7.25. The molecular weight excluding hydrogens is 739 g/mol. The van der Waals surface area contributed by atoms with Crippen molar-refractivity contribution in [3.63, 3.8) is 0 Å². The Labute approximate surface area is 341 Å². The van der Waals surface area contributed by atoms with Gasteiger partial charge in [0.25, 0.3) is 0 Å². The van der Waals surface area contributed by atoms with Gasteiger partial charge in [0.05, 0.1) is 27.6 Å². The van der Waals surface area contributed by atoms with E-state index in [4.69, 9.17) is 14.4 Å². The third-order valence-electron chi connectivity index (χ3n) is 12.0. The van der Waals surface area contributed by atoms with E-state index < -0.39 is 0 Å². The lowest BCUT2D eigenvalue weighted by atomic mass is 9.94. The normalized spacial score (nSPS) is 12.1. The van der Waals surface area contributed by atoms with Gasteiger partial charge >= 0.3 is 0 Å². The fourth-order valence-corrected chi connectivity index (χ4v) is 10.4. The molecule has 0 atom stereocenters. The summed E-state index contributed by atoms with van der Waals surface area (Å²) in [6.45, 7) is 0. The van der Waals surface area contributed by atoms with Crippen LogP contribution in [0.15, 0.2) is 192 Å². The first kappa shape index (κ1) is 32.5. The Morgan fingerprint density at radius 3 is 2.02 bits per heavy atom. The summed E-state index contributed by atoms with van der Waals surface area (Å²) in [5, 5.41) is 10.3. The van der Waals surface area contributed by atoms with Crippen molar-refractivity contribution in [1.29, 1.82) is 0 Å². The van der Waals surface area contributed by atoms with E-state index in [0.717, 1.165) is 77.0 Å². The third kappa shape index (κ3) is 4.83. The summed E-state index contributed by atoms with van der Waals surface area (Å²) in [5.41, 5.74) is 11.2. The average molecular weight is 770 g/mol. The molecule has 0 unspecified atom stereocenters. The maximum atomic E-state index is 7.10. The molecule has 0 saturated carbocycles. The van der Waals surface area contributed by atoms with Gasteiger partial charge in [0.2, 0.25) is 5.95 Å². The molecule has 0 fully saturated rings. The van der Waals surface area contributed by atoms with Gasteiger partial charge in [-0.05, 0) is 87.6 Å². The molecule has 0 aliphatic heterocycles. The molecule has 0 saturated heterocycles. The van der Waals surface area contributed by atoms with Crippen LogP contribution in [-0.4, -0.2) is 14.5 Å². The second-order valence-corrected chi connectivity index (χ2v) is 16.4. The first-order chi connectivity index (χ1) is 29.2. The molecule has 0 bridgehead atoms. The molecule has 4 aromatic heterocycles. The topological polar surface area (TPSA) is 43.9 Å². The highest BCUT2D eigenvalue weighted by Crippen LogP contribution is 2.46. The van der Waals surface area contributed by atoms with Gasteiger partial charge in [-0.2, -0.15) is 0 Å². The van der Waals surface area contributed by atoms with Crippen molar-refractivity contribution in [2.24, 2.45) is 0 Å². The number of rotatable bonds is 4. The number of benzene rings is 9. The van der Waals surface area contributed by atoms with Gasteiger partial charge in [-0.3, -0.25) is 4.57 Å². The van der Waals surface area contributed by atoms with Crippen molar-refractivity contribution in [1.82, 2.24) is 14.5 Å². The van der Waals surface area contributed by atoms with Crippen LogP contribution < -0.4 is 0 Å². The van der Waals surface area contributed by atoms with Crippen molar-refractivity contribution in [3.8, 4) is 39.5 Å². The molecule has 5 heteroatoms. The zero-order chi connectivity index (χ0) is 38.6. The van der Waals surface area contributed by atoms with Gasteiger partial charge in [0.15, 0.2) is 0 Å². The Kier molecular flexibility index (Phi) is 6.85. The van der Waals surface area contributed by atoms with Crippen LogP contribution in [0.25, 0.3) is 125 Å². The summed E-state index contributed by atoms with van der Waals surface area (Å²) in [7, 11) is 0. The molecule has 9 aromatic carbocycles. The highest BCUT2D eigenvalue weighted by Gasteiger charge is 2.23. The highest BCUT2D eigenvalue weighted by atomic mass is 32.1. The maximum absolute atomic E-state index is 7.10. The lowest BCUT2D eigenvalue weighted by Crippen LogP contribution is -2.03. The van der Waals surface area contributed by atoms with E-state index in [9.17, 15) is 0 Å². The number of nitrogens with zero attached hydrogens (tertiary/aromatic N) is 3. The van der Waals surface area contributed by atoms with E-state index in [1.54, 1.807) is 0 Å². The summed E-state index contributed by atoms with van der Waals surface area (Å²) in [6.07, 6.45) is 0. The first-order valence-corrected chi connectivity index (χ1v) is 20.7. The molecule has 13 rings (SSSR count). The molecule has 4 heterocycles. The van der Waals surface area contributed by atoms with E-state index in [-0.39, 0.29) is 0 Å². The molecule has 4 nitrogen and oxygen atoms in total. The van der Waals surface area contributed by atoms with Crippen LogP contribution in [0.1, 0.15) is 0 Å². The number of hydrogen-bond acceptors (Lipinski definition) is 4. The predicted octanol–water partition coefficient (Wildman–Crippen LogP) is 15.1. The number of aromatic nitrogens is 3. The largest absolute Gasteiger partial charge is 0.455 e. The quantitative estimate of drug-likeness (QED) is 0.179. The number of para-hydroxylation sites is 2. The average Bonchev–Trinajstić information content (AvgIpc) is 3.98. The number of furan rings is 1. The van der Waals surface area contributed by atoms with Crippen LogP contribution in [0.4, 0.5) is 0 Å². The fourth-order valence-electron chi connectivity index (χ4n) is 9.36. The minimum Gasteiger partial charge on any atom is -0.455 e. The van der Waals surface area contributed by atoms with Crippen LogP contribution >= 0.6 is 11.3 Å². The Morgan fingerprint density at radius 1 is 0.407 bits per heavy atom. The second-order valence-electron chi connectivity index (χ2n) is 15.3. The lowest BCUT2D eigenvalue weighted by Gasteiger charge is -2.12. The summed E-state index contributed by atoms with van der Waals surface area (Å²) >= 11 is 1.85. The van der Waals surface area contributed by atoms with Crippen LogP contribution in [0.5, 0.6) is 0 Å². The molecular formula is C54H31N3OS. The first-order valence-electron chi connectivity index (χ1n) is 19.9. The lowest BCUT2D eigenvalue weighted by molar-refractivity contribution is 0.673. The molecule has 0 amide bonds. The van der Waals surface area contributed by atoms with Crippen LogP contribution in [0.3, 0.4) is 0 Å². The van der Waals surface area contributed by atoms with Gasteiger partial charge < -0.3 is 4.42 Å². The predicted molar refractivity (Wildman–Crippen MR) is 248 cm³/mol. The minimum absolute atomic E-state index is 0.620. The van der Waals surface area contributed by atoms with Gasteiger partial charge in [0, 0.05) is 47.3 Å². The Hall–Kier alpha value is -7.60. The molecule has 0 aliphatic carbocycles. The van der Waals surface area contributed by atoms with E-state index in [1.807, 2.05) is 17.4 Å². The SMILES string of the molecule is c1ccc(-c2cccc(-c3nc(-n4c5ccccc5c5c6oc7cc(-c8ccc9sc%10ccccc%10c9c8)c8ccccc8c7c6ccc54)nc4ccccc34)c2)cc1. The molecule has 0 radical (unpaired) electrons. The Balaban J connectivity index is 1.06. The zero-order valence-electron chi connectivity index (χ0n) is 31.6. The Morgan fingerprint density at radius 2 is 1.12 bits per heavy atom. The van der Waals surface area contributed by atoms with Crippen molar-refractivity contribution < 1.29 is 4.42 Å². The molecule has 0 N–H and O–H groups in total. The van der Waals surface area contributed by atoms with Crippen LogP contribution in [0, 0.1) is 0 Å². The number of thiophene rings is 1. The molecule has 13 aromatic rings. The van der Waals surface area contributed by atoms with Crippen molar-refractivity contribution >= 4 is 96.9 Å². The van der Waals surface area contributed by atoms with E-state index in [2.05, 4.69) is 187 Å². The van der Waals surface area contributed by atoms with Crippen molar-refractivity contribution in [3.05, 3.63) is 188 Å². The molecule has 274 valence electrons.